The van der Waals surface area contributed by atoms with Crippen LogP contribution in [0.5, 0.6) is 0 Å². The second kappa shape index (κ2) is 3.23. The Balaban J connectivity index is 2.03. The molecule has 3 rings (SSSR count). The summed E-state index contributed by atoms with van der Waals surface area (Å²) in [4.78, 5) is 12.4. The molecule has 0 aromatic carbocycles. The van der Waals surface area contributed by atoms with E-state index in [9.17, 15) is 9.90 Å². The minimum Gasteiger partial charge on any atom is -0.396 e. The van der Waals surface area contributed by atoms with Gasteiger partial charge in [-0.2, -0.15) is 0 Å². The first-order valence-electron chi connectivity index (χ1n) is 6.77. The molecule has 0 unspecified atom stereocenters. The maximum absolute atomic E-state index is 12.4. The van der Waals surface area contributed by atoms with Crippen molar-refractivity contribution in [3.05, 3.63) is 11.1 Å². The second-order valence-corrected chi connectivity index (χ2v) is 6.98. The highest BCUT2D eigenvalue weighted by Gasteiger charge is 2.59. The Morgan fingerprint density at radius 3 is 2.59 bits per heavy atom. The third-order valence-corrected chi connectivity index (χ3v) is 5.85. The number of carbonyl (C=O) groups excluding carboxylic acids is 1. The molecule has 0 spiro atoms. The normalized spacial score (nSPS) is 48.8. The van der Waals surface area contributed by atoms with Gasteiger partial charge in [-0.15, -0.1) is 0 Å². The summed E-state index contributed by atoms with van der Waals surface area (Å²) in [6.45, 7) is 6.70. The van der Waals surface area contributed by atoms with Crippen LogP contribution in [0.2, 0.25) is 0 Å². The van der Waals surface area contributed by atoms with E-state index < -0.39 is 0 Å². The van der Waals surface area contributed by atoms with E-state index >= 15 is 0 Å². The third-order valence-electron chi connectivity index (χ3n) is 5.85. The molecule has 0 aromatic rings. The first kappa shape index (κ1) is 11.5. The maximum Gasteiger partial charge on any atom is 0.161 e. The molecule has 0 saturated heterocycles. The molecule has 0 radical (unpaired) electrons. The van der Waals surface area contributed by atoms with E-state index in [0.29, 0.717) is 11.7 Å². The van der Waals surface area contributed by atoms with Crippen LogP contribution < -0.4 is 0 Å². The van der Waals surface area contributed by atoms with E-state index in [4.69, 9.17) is 0 Å². The summed E-state index contributed by atoms with van der Waals surface area (Å²) in [7, 11) is 0. The molecule has 3 aliphatic rings. The number of carbonyl (C=O) groups is 1. The van der Waals surface area contributed by atoms with E-state index in [-0.39, 0.29) is 23.4 Å². The van der Waals surface area contributed by atoms with Crippen molar-refractivity contribution in [2.24, 2.45) is 22.7 Å². The minimum atomic E-state index is -0.0284. The van der Waals surface area contributed by atoms with Gasteiger partial charge in [0.15, 0.2) is 5.78 Å². The van der Waals surface area contributed by atoms with Crippen LogP contribution in [0, 0.1) is 22.7 Å². The smallest absolute Gasteiger partial charge is 0.161 e. The molecule has 0 aromatic heterocycles. The Bertz CT molecular complexity index is 423. The number of allylic oxidation sites excluding steroid dienone is 2. The number of hydrogen-bond donors (Lipinski definition) is 1. The van der Waals surface area contributed by atoms with E-state index in [0.717, 1.165) is 24.8 Å². The average molecular weight is 234 g/mol. The first-order valence-corrected chi connectivity index (χ1v) is 6.77. The van der Waals surface area contributed by atoms with Crippen molar-refractivity contribution in [3.8, 4) is 0 Å². The summed E-state index contributed by atoms with van der Waals surface area (Å²) >= 11 is 0. The largest absolute Gasteiger partial charge is 0.396 e. The van der Waals surface area contributed by atoms with Crippen LogP contribution >= 0.6 is 0 Å². The summed E-state index contributed by atoms with van der Waals surface area (Å²) < 4.78 is 0. The Labute approximate surface area is 103 Å². The lowest BCUT2D eigenvalue weighted by Gasteiger charge is -2.52. The predicted octanol–water partition coefficient (Wildman–Crippen LogP) is 2.71. The highest BCUT2D eigenvalue weighted by molar-refractivity contribution is 5.99. The van der Waals surface area contributed by atoms with E-state index in [1.54, 1.807) is 0 Å². The number of aliphatic hydroxyl groups is 1. The van der Waals surface area contributed by atoms with Crippen LogP contribution in [-0.4, -0.2) is 17.5 Å². The van der Waals surface area contributed by atoms with Gasteiger partial charge in [-0.25, -0.2) is 0 Å². The predicted molar refractivity (Wildman–Crippen MR) is 66.5 cm³/mol. The lowest BCUT2D eigenvalue weighted by Crippen LogP contribution is -2.46. The molecule has 2 heteroatoms. The minimum absolute atomic E-state index is 0.0284. The number of fused-ring (bicyclic) bond motifs is 3. The Morgan fingerprint density at radius 2 is 2.06 bits per heavy atom. The van der Waals surface area contributed by atoms with Crippen molar-refractivity contribution in [3.63, 3.8) is 0 Å². The Hall–Kier alpha value is -0.630. The topological polar surface area (TPSA) is 37.3 Å². The fourth-order valence-electron chi connectivity index (χ4n) is 4.60. The van der Waals surface area contributed by atoms with Crippen LogP contribution in [0.3, 0.4) is 0 Å². The lowest BCUT2D eigenvalue weighted by molar-refractivity contribution is -0.123. The van der Waals surface area contributed by atoms with Gasteiger partial charge in [0.2, 0.25) is 0 Å². The van der Waals surface area contributed by atoms with Gasteiger partial charge in [0.05, 0.1) is 0 Å². The molecule has 0 bridgehead atoms. The fourth-order valence-corrected chi connectivity index (χ4v) is 4.60. The van der Waals surface area contributed by atoms with Gasteiger partial charge in [0.25, 0.3) is 0 Å². The Kier molecular flexibility index (Phi) is 2.17. The van der Waals surface area contributed by atoms with E-state index in [1.807, 2.05) is 6.92 Å². The zero-order valence-corrected chi connectivity index (χ0v) is 11.0. The fraction of sp³-hybridized carbons (Fsp3) is 0.800. The third kappa shape index (κ3) is 1.28. The van der Waals surface area contributed by atoms with Crippen LogP contribution in [-0.2, 0) is 4.79 Å². The van der Waals surface area contributed by atoms with Gasteiger partial charge in [0.1, 0.15) is 0 Å². The molecular formula is C15H22O2. The lowest BCUT2D eigenvalue weighted by atomic mass is 9.51. The van der Waals surface area contributed by atoms with Crippen LogP contribution in [0.15, 0.2) is 11.1 Å². The maximum atomic E-state index is 12.4. The molecule has 17 heavy (non-hydrogen) atoms. The SMILES string of the molecule is CC1=C2CC[C@]2(C)[C@H]2C[C@](C)(CO)C[C@H]2C1=O. The molecule has 4 atom stereocenters. The number of rotatable bonds is 1. The molecule has 0 amide bonds. The molecule has 0 aliphatic heterocycles. The van der Waals surface area contributed by atoms with Crippen molar-refractivity contribution in [1.29, 1.82) is 0 Å². The van der Waals surface area contributed by atoms with Gasteiger partial charge in [-0.05, 0) is 54.9 Å². The second-order valence-electron chi connectivity index (χ2n) is 6.98. The molecule has 94 valence electrons. The molecule has 2 fully saturated rings. The van der Waals surface area contributed by atoms with Gasteiger partial charge in [0, 0.05) is 12.5 Å². The van der Waals surface area contributed by atoms with Crippen molar-refractivity contribution in [1.82, 2.24) is 0 Å². The highest BCUT2D eigenvalue weighted by atomic mass is 16.3. The number of ketones is 1. The Morgan fingerprint density at radius 1 is 1.35 bits per heavy atom. The summed E-state index contributed by atoms with van der Waals surface area (Å²) in [5, 5.41) is 9.55. The zero-order chi connectivity index (χ0) is 12.4. The van der Waals surface area contributed by atoms with Gasteiger partial charge in [-0.1, -0.05) is 19.4 Å². The van der Waals surface area contributed by atoms with Crippen LogP contribution in [0.1, 0.15) is 46.5 Å². The number of Topliss-reactive ketones (excluding diaryl/α,β-unsaturated/α-hetero) is 1. The van der Waals surface area contributed by atoms with Crippen molar-refractivity contribution >= 4 is 5.78 Å². The molecule has 2 nitrogen and oxygen atoms in total. The average Bonchev–Trinajstić information content (AvgIpc) is 2.64. The number of aliphatic hydroxyl groups excluding tert-OH is 1. The van der Waals surface area contributed by atoms with Crippen LogP contribution in [0.25, 0.3) is 0 Å². The van der Waals surface area contributed by atoms with Crippen molar-refractivity contribution in [2.45, 2.75) is 46.5 Å². The van der Waals surface area contributed by atoms with Gasteiger partial charge >= 0.3 is 0 Å². The van der Waals surface area contributed by atoms with Crippen molar-refractivity contribution < 1.29 is 9.90 Å². The highest BCUT2D eigenvalue weighted by Crippen LogP contribution is 2.65. The van der Waals surface area contributed by atoms with E-state index in [1.165, 1.54) is 12.0 Å². The van der Waals surface area contributed by atoms with E-state index in [2.05, 4.69) is 13.8 Å². The first-order chi connectivity index (χ1) is 7.91. The summed E-state index contributed by atoms with van der Waals surface area (Å²) in [5.41, 5.74) is 2.71. The summed E-state index contributed by atoms with van der Waals surface area (Å²) in [6, 6.07) is 0. The standard InChI is InChI=1S/C15H22O2/c1-9-11-4-5-15(11,3)12-7-14(2,8-16)6-10(12)13(9)17/h10,12,16H,4-8H2,1-3H3/t10-,12+,14-,15+/m1/s1. The number of hydrogen-bond acceptors (Lipinski definition) is 2. The van der Waals surface area contributed by atoms with Crippen molar-refractivity contribution in [2.75, 3.05) is 6.61 Å². The monoisotopic (exact) mass is 234 g/mol. The van der Waals surface area contributed by atoms with Gasteiger partial charge < -0.3 is 5.11 Å². The zero-order valence-electron chi connectivity index (χ0n) is 11.0. The van der Waals surface area contributed by atoms with Crippen LogP contribution in [0.4, 0.5) is 0 Å². The summed E-state index contributed by atoms with van der Waals surface area (Å²) in [6.07, 6.45) is 4.25. The molecule has 3 aliphatic carbocycles. The quantitative estimate of drug-likeness (QED) is 0.757. The molecule has 2 saturated carbocycles. The molecule has 1 N–H and O–H groups in total. The molecule has 0 heterocycles. The molecular weight excluding hydrogens is 212 g/mol. The summed E-state index contributed by atoms with van der Waals surface area (Å²) in [5.74, 6) is 1.04. The van der Waals surface area contributed by atoms with Gasteiger partial charge in [-0.3, -0.25) is 4.79 Å².